The molecule has 21 heavy (non-hydrogen) atoms. The second-order valence-electron chi connectivity index (χ2n) is 8.25. The number of nitrogens with one attached hydrogen (secondary N) is 1. The Hall–Kier alpha value is -1.32. The van der Waals surface area contributed by atoms with Crippen LogP contribution in [0.5, 0.6) is 0 Å². The molecule has 4 heteroatoms. The zero-order valence-electron chi connectivity index (χ0n) is 13.1. The van der Waals surface area contributed by atoms with Crippen molar-refractivity contribution in [2.75, 3.05) is 7.05 Å². The average Bonchev–Trinajstić information content (AvgIpc) is 2.87. The molecule has 1 heterocycles. The number of imidazole rings is 1. The molecule has 2 unspecified atom stereocenters. The van der Waals surface area contributed by atoms with Gasteiger partial charge in [-0.15, -0.1) is 0 Å². The summed E-state index contributed by atoms with van der Waals surface area (Å²) in [4.78, 5) is 22.4. The number of hydrogen-bond donors (Lipinski definition) is 1. The molecule has 0 aromatic carbocycles. The second kappa shape index (κ2) is 4.34. The summed E-state index contributed by atoms with van der Waals surface area (Å²) in [7, 11) is 1.94. The number of aromatic amines is 1. The van der Waals surface area contributed by atoms with Gasteiger partial charge < -0.3 is 9.88 Å². The Bertz CT molecular complexity index is 536. The van der Waals surface area contributed by atoms with Crippen LogP contribution < -0.4 is 0 Å². The van der Waals surface area contributed by atoms with Crippen LogP contribution in [-0.4, -0.2) is 27.8 Å². The first-order chi connectivity index (χ1) is 9.98. The van der Waals surface area contributed by atoms with E-state index in [1.165, 1.54) is 19.3 Å². The van der Waals surface area contributed by atoms with Crippen molar-refractivity contribution < 1.29 is 4.79 Å². The third-order valence-corrected chi connectivity index (χ3v) is 6.10. The predicted molar refractivity (Wildman–Crippen MR) is 80.3 cm³/mol. The third-order valence-electron chi connectivity index (χ3n) is 6.10. The van der Waals surface area contributed by atoms with Crippen molar-refractivity contribution in [3.8, 4) is 0 Å². The summed E-state index contributed by atoms with van der Waals surface area (Å²) >= 11 is 0. The summed E-state index contributed by atoms with van der Waals surface area (Å²) in [5.41, 5.74) is 0.353. The van der Waals surface area contributed by atoms with E-state index in [0.29, 0.717) is 17.9 Å². The summed E-state index contributed by atoms with van der Waals surface area (Å²) < 4.78 is 0. The van der Waals surface area contributed by atoms with Gasteiger partial charge in [0.2, 0.25) is 5.91 Å². The lowest BCUT2D eigenvalue weighted by atomic mass is 9.44. The largest absolute Gasteiger partial charge is 0.347 e. The molecular formula is C17H25N3O. The summed E-state index contributed by atoms with van der Waals surface area (Å²) in [6, 6.07) is 0. The zero-order chi connectivity index (χ0) is 14.7. The number of aromatic nitrogens is 2. The SMILES string of the molecule is CN(Cc1ncc[nH]1)C(=O)C12CC3CC(CC(C)(C3)C1)C2. The van der Waals surface area contributed by atoms with Crippen molar-refractivity contribution in [2.45, 2.75) is 52.0 Å². The fourth-order valence-electron chi connectivity index (χ4n) is 6.06. The van der Waals surface area contributed by atoms with E-state index in [0.717, 1.165) is 36.9 Å². The van der Waals surface area contributed by atoms with Crippen molar-refractivity contribution in [3.63, 3.8) is 0 Å². The van der Waals surface area contributed by atoms with Gasteiger partial charge in [0.25, 0.3) is 0 Å². The number of amides is 1. The van der Waals surface area contributed by atoms with Gasteiger partial charge in [-0.25, -0.2) is 4.98 Å². The molecule has 0 aliphatic heterocycles. The molecule has 4 bridgehead atoms. The minimum atomic E-state index is -0.0693. The van der Waals surface area contributed by atoms with E-state index in [4.69, 9.17) is 0 Å². The van der Waals surface area contributed by atoms with Gasteiger partial charge >= 0.3 is 0 Å². The predicted octanol–water partition coefficient (Wildman–Crippen LogP) is 2.97. The highest BCUT2D eigenvalue weighted by molar-refractivity contribution is 5.83. The third kappa shape index (κ3) is 2.11. The monoisotopic (exact) mass is 287 g/mol. The number of carbonyl (C=O) groups excluding carboxylic acids is 1. The number of H-pyrrole nitrogens is 1. The van der Waals surface area contributed by atoms with Gasteiger partial charge in [-0.2, -0.15) is 0 Å². The highest BCUT2D eigenvalue weighted by atomic mass is 16.2. The highest BCUT2D eigenvalue weighted by Crippen LogP contribution is 2.65. The van der Waals surface area contributed by atoms with Gasteiger partial charge in [-0.3, -0.25) is 4.79 Å². The molecule has 0 saturated heterocycles. The average molecular weight is 287 g/mol. The Labute approximate surface area is 126 Å². The van der Waals surface area contributed by atoms with Crippen molar-refractivity contribution in [1.82, 2.24) is 14.9 Å². The summed E-state index contributed by atoms with van der Waals surface area (Å²) in [5.74, 6) is 2.82. The maximum absolute atomic E-state index is 13.1. The van der Waals surface area contributed by atoms with Gasteiger partial charge in [0, 0.05) is 19.4 Å². The second-order valence-corrected chi connectivity index (χ2v) is 8.25. The first kappa shape index (κ1) is 13.4. The van der Waals surface area contributed by atoms with Crippen LogP contribution >= 0.6 is 0 Å². The van der Waals surface area contributed by atoms with Crippen molar-refractivity contribution in [2.24, 2.45) is 22.7 Å². The van der Waals surface area contributed by atoms with Crippen LogP contribution in [0, 0.1) is 22.7 Å². The molecule has 1 aromatic rings. The number of rotatable bonds is 3. The molecular weight excluding hydrogens is 262 g/mol. The lowest BCUT2D eigenvalue weighted by Crippen LogP contribution is -2.56. The van der Waals surface area contributed by atoms with Crippen LogP contribution in [0.15, 0.2) is 12.4 Å². The molecule has 0 spiro atoms. The molecule has 4 aliphatic rings. The fourth-order valence-corrected chi connectivity index (χ4v) is 6.06. The van der Waals surface area contributed by atoms with E-state index in [9.17, 15) is 4.79 Å². The first-order valence-corrected chi connectivity index (χ1v) is 8.22. The van der Waals surface area contributed by atoms with Gasteiger partial charge in [-0.05, 0) is 55.8 Å². The highest BCUT2D eigenvalue weighted by Gasteiger charge is 2.59. The molecule has 4 saturated carbocycles. The van der Waals surface area contributed by atoms with Crippen molar-refractivity contribution in [3.05, 3.63) is 18.2 Å². The molecule has 0 radical (unpaired) electrons. The van der Waals surface area contributed by atoms with Crippen molar-refractivity contribution in [1.29, 1.82) is 0 Å². The Balaban J connectivity index is 1.56. The Morgan fingerprint density at radius 1 is 1.38 bits per heavy atom. The van der Waals surface area contributed by atoms with E-state index in [-0.39, 0.29) is 5.41 Å². The van der Waals surface area contributed by atoms with E-state index in [2.05, 4.69) is 16.9 Å². The van der Waals surface area contributed by atoms with E-state index >= 15 is 0 Å². The van der Waals surface area contributed by atoms with Crippen LogP contribution in [0.2, 0.25) is 0 Å². The summed E-state index contributed by atoms with van der Waals surface area (Å²) in [5, 5.41) is 0. The minimum absolute atomic E-state index is 0.0693. The maximum atomic E-state index is 13.1. The molecule has 114 valence electrons. The first-order valence-electron chi connectivity index (χ1n) is 8.22. The standard InChI is InChI=1S/C17H25N3O/c1-16-6-12-5-13(7-16)9-17(8-12,11-16)15(21)20(2)10-14-18-3-4-19-14/h3-4,12-13H,5-11H2,1-2H3,(H,18,19). The summed E-state index contributed by atoms with van der Waals surface area (Å²) in [6.45, 7) is 3.01. The molecule has 4 nitrogen and oxygen atoms in total. The smallest absolute Gasteiger partial charge is 0.228 e. The molecule has 1 amide bonds. The fraction of sp³-hybridized carbons (Fsp3) is 0.765. The Morgan fingerprint density at radius 2 is 2.10 bits per heavy atom. The van der Waals surface area contributed by atoms with Gasteiger partial charge in [0.15, 0.2) is 0 Å². The molecule has 5 rings (SSSR count). The number of hydrogen-bond acceptors (Lipinski definition) is 2. The molecule has 1 aromatic heterocycles. The van der Waals surface area contributed by atoms with Crippen LogP contribution in [0.3, 0.4) is 0 Å². The minimum Gasteiger partial charge on any atom is -0.347 e. The number of nitrogens with zero attached hydrogens (tertiary/aromatic N) is 2. The summed E-state index contributed by atoms with van der Waals surface area (Å²) in [6.07, 6.45) is 11.0. The maximum Gasteiger partial charge on any atom is 0.228 e. The molecule has 4 fully saturated rings. The van der Waals surface area contributed by atoms with Crippen LogP contribution in [0.1, 0.15) is 51.3 Å². The normalized spacial score (nSPS) is 40.5. The molecule has 1 N–H and O–H groups in total. The van der Waals surface area contributed by atoms with Crippen LogP contribution in [0.4, 0.5) is 0 Å². The van der Waals surface area contributed by atoms with Crippen LogP contribution in [-0.2, 0) is 11.3 Å². The van der Waals surface area contributed by atoms with E-state index in [1.54, 1.807) is 6.20 Å². The topological polar surface area (TPSA) is 49.0 Å². The van der Waals surface area contributed by atoms with Crippen molar-refractivity contribution >= 4 is 5.91 Å². The quantitative estimate of drug-likeness (QED) is 0.929. The lowest BCUT2D eigenvalue weighted by Gasteiger charge is -2.60. The van der Waals surface area contributed by atoms with Gasteiger partial charge in [0.05, 0.1) is 12.0 Å². The van der Waals surface area contributed by atoms with Gasteiger partial charge in [-0.1, -0.05) is 6.92 Å². The Morgan fingerprint density at radius 3 is 2.67 bits per heavy atom. The molecule has 2 atom stereocenters. The lowest BCUT2D eigenvalue weighted by molar-refractivity contribution is -0.165. The number of carbonyl (C=O) groups is 1. The van der Waals surface area contributed by atoms with Gasteiger partial charge in [0.1, 0.15) is 5.82 Å². The Kier molecular flexibility index (Phi) is 2.76. The van der Waals surface area contributed by atoms with E-state index in [1.807, 2.05) is 18.1 Å². The van der Waals surface area contributed by atoms with Crippen LogP contribution in [0.25, 0.3) is 0 Å². The molecule has 4 aliphatic carbocycles. The zero-order valence-corrected chi connectivity index (χ0v) is 13.1. The van der Waals surface area contributed by atoms with E-state index < -0.39 is 0 Å².